The molecule has 1 aromatic heterocycles. The van der Waals surface area contributed by atoms with Crippen LogP contribution in [-0.2, 0) is 0 Å². The van der Waals surface area contributed by atoms with Crippen molar-refractivity contribution in [3.05, 3.63) is 23.8 Å². The van der Waals surface area contributed by atoms with Crippen LogP contribution in [0.1, 0.15) is 10.7 Å². The minimum absolute atomic E-state index is 0.0128. The number of nitrogens with zero attached hydrogens (tertiary/aromatic N) is 2. The van der Waals surface area contributed by atoms with E-state index in [1.807, 2.05) is 0 Å². The largest absolute Gasteiger partial charge is 0.432 e. The number of fused-ring (bicyclic) bond motifs is 1. The Balaban J connectivity index is 1.79. The molecule has 2 radical (unpaired) electrons. The molecule has 1 N–H and O–H groups in total. The number of aromatic nitrogens is 1. The molecule has 3 rings (SSSR count). The first-order chi connectivity index (χ1) is 9.56. The molecule has 2 aromatic rings. The van der Waals surface area contributed by atoms with Gasteiger partial charge in [0.25, 0.3) is 12.6 Å². The van der Waals surface area contributed by atoms with E-state index < -0.39 is 11.7 Å². The summed E-state index contributed by atoms with van der Waals surface area (Å²) in [5.74, 6) is 0.780. The summed E-state index contributed by atoms with van der Waals surface area (Å²) in [4.78, 5) is 15.7. The molecule has 0 spiro atoms. The zero-order valence-corrected chi connectivity index (χ0v) is 10.4. The first-order valence-electron chi connectivity index (χ1n) is 6.13. The Bertz CT molecular complexity index is 734. The quantitative estimate of drug-likeness (QED) is 0.800. The molecule has 0 bridgehead atoms. The van der Waals surface area contributed by atoms with Crippen molar-refractivity contribution >= 4 is 37.0 Å². The summed E-state index contributed by atoms with van der Waals surface area (Å²) in [6, 6.07) is 2.48. The van der Waals surface area contributed by atoms with E-state index in [1.165, 1.54) is 6.07 Å². The highest BCUT2D eigenvalue weighted by atomic mass is 19.1. The Labute approximate surface area is 115 Å². The van der Waals surface area contributed by atoms with Gasteiger partial charge < -0.3 is 9.73 Å². The minimum atomic E-state index is -0.629. The third-order valence-electron chi connectivity index (χ3n) is 3.32. The number of rotatable bonds is 2. The van der Waals surface area contributed by atoms with E-state index in [9.17, 15) is 9.18 Å². The smallest absolute Gasteiger partial charge is 0.307 e. The van der Waals surface area contributed by atoms with E-state index in [0.717, 1.165) is 6.07 Å². The molecule has 8 heteroatoms. The van der Waals surface area contributed by atoms with E-state index in [4.69, 9.17) is 17.5 Å². The molecule has 1 fully saturated rings. The van der Waals surface area contributed by atoms with E-state index in [1.54, 1.807) is 0 Å². The van der Waals surface area contributed by atoms with Crippen molar-refractivity contribution in [1.82, 2.24) is 10.3 Å². The highest BCUT2D eigenvalue weighted by Crippen LogP contribution is 2.22. The number of nitriles is 1. The van der Waals surface area contributed by atoms with Crippen molar-refractivity contribution in [3.63, 3.8) is 0 Å². The molecule has 0 aliphatic carbocycles. The minimum Gasteiger partial charge on any atom is -0.432 e. The summed E-state index contributed by atoms with van der Waals surface area (Å²) in [7, 11) is 5.49. The number of amides is 1. The average Bonchev–Trinajstić information content (AvgIpc) is 2.77. The molecule has 1 saturated heterocycles. The van der Waals surface area contributed by atoms with Gasteiger partial charge in [0.15, 0.2) is 11.4 Å². The summed E-state index contributed by atoms with van der Waals surface area (Å²) in [5, 5.41) is 11.4. The second-order valence-electron chi connectivity index (χ2n) is 4.84. The average molecular weight is 267 g/mol. The number of nitrogens with one attached hydrogen (secondary N) is 1. The Kier molecular flexibility index (Phi) is 2.97. The lowest BCUT2D eigenvalue weighted by Crippen LogP contribution is -2.47. The summed E-state index contributed by atoms with van der Waals surface area (Å²) in [6.45, 7) is -0.0128. The second kappa shape index (κ2) is 4.67. The lowest BCUT2D eigenvalue weighted by atomic mass is 9.34. The fourth-order valence-corrected chi connectivity index (χ4v) is 2.19. The molecule has 0 atom stereocenters. The van der Waals surface area contributed by atoms with Crippen LogP contribution in [0, 0.1) is 17.0 Å². The molecular weight excluding hydrogens is 259 g/mol. The molecular formula is C12H8B2FN3O2. The number of halogens is 1. The van der Waals surface area contributed by atoms with Gasteiger partial charge in [0.1, 0.15) is 13.4 Å². The van der Waals surface area contributed by atoms with Crippen LogP contribution in [-0.4, -0.2) is 31.5 Å². The van der Waals surface area contributed by atoms with Gasteiger partial charge in [-0.1, -0.05) is 5.46 Å². The third kappa shape index (κ3) is 2.16. The van der Waals surface area contributed by atoms with Crippen LogP contribution < -0.4 is 10.8 Å². The van der Waals surface area contributed by atoms with Crippen LogP contribution in [0.5, 0.6) is 0 Å². The maximum absolute atomic E-state index is 13.6. The van der Waals surface area contributed by atoms with Crippen LogP contribution in [0.4, 0.5) is 4.39 Å². The normalized spacial score (nSPS) is 14.9. The van der Waals surface area contributed by atoms with E-state index in [-0.39, 0.29) is 35.2 Å². The van der Waals surface area contributed by atoms with Crippen molar-refractivity contribution in [2.24, 2.45) is 0 Å². The topological polar surface area (TPSA) is 78.9 Å². The van der Waals surface area contributed by atoms with Crippen LogP contribution in [0.2, 0.25) is 12.6 Å². The lowest BCUT2D eigenvalue weighted by molar-refractivity contribution is 0.0907. The van der Waals surface area contributed by atoms with Crippen molar-refractivity contribution in [2.75, 3.05) is 0 Å². The summed E-state index contributed by atoms with van der Waals surface area (Å²) < 4.78 is 18.8. The zero-order chi connectivity index (χ0) is 14.3. The van der Waals surface area contributed by atoms with Gasteiger partial charge in [0.05, 0.1) is 0 Å². The number of benzene rings is 1. The van der Waals surface area contributed by atoms with Crippen LogP contribution >= 0.6 is 0 Å². The van der Waals surface area contributed by atoms with Crippen LogP contribution in [0.15, 0.2) is 16.5 Å². The number of hydrogen-bond acceptors (Lipinski definition) is 4. The van der Waals surface area contributed by atoms with Gasteiger partial charge in [-0.25, -0.2) is 14.6 Å². The second-order valence-corrected chi connectivity index (χ2v) is 4.84. The maximum Gasteiger partial charge on any atom is 0.307 e. The first-order valence-corrected chi connectivity index (χ1v) is 6.13. The van der Waals surface area contributed by atoms with Crippen LogP contribution in [0.25, 0.3) is 11.1 Å². The first kappa shape index (κ1) is 12.7. The number of hydrogen-bond donors (Lipinski definition) is 1. The fourth-order valence-electron chi connectivity index (χ4n) is 2.19. The molecule has 1 aliphatic heterocycles. The Morgan fingerprint density at radius 1 is 1.60 bits per heavy atom. The highest BCUT2D eigenvalue weighted by molar-refractivity contribution is 6.70. The molecule has 1 aromatic carbocycles. The van der Waals surface area contributed by atoms with Crippen molar-refractivity contribution in [2.45, 2.75) is 18.7 Å². The Hall–Kier alpha value is -2.29. The molecule has 1 aliphatic rings. The summed E-state index contributed by atoms with van der Waals surface area (Å²) in [6.07, 6.45) is 1.23. The molecule has 96 valence electrons. The SMILES string of the molecule is [B]c1cc(F)c2nc(C(=O)NC3CB(C#N)C3)oc2c1. The lowest BCUT2D eigenvalue weighted by Gasteiger charge is -2.28. The number of carbonyl (C=O) groups excluding carboxylic acids is 1. The van der Waals surface area contributed by atoms with Crippen LogP contribution in [0.3, 0.4) is 0 Å². The van der Waals surface area contributed by atoms with E-state index in [2.05, 4.69) is 16.3 Å². The van der Waals surface area contributed by atoms with E-state index in [0.29, 0.717) is 12.6 Å². The third-order valence-corrected chi connectivity index (χ3v) is 3.32. The van der Waals surface area contributed by atoms with Gasteiger partial charge in [-0.05, 0) is 24.8 Å². The predicted molar refractivity (Wildman–Crippen MR) is 71.6 cm³/mol. The monoisotopic (exact) mass is 267 g/mol. The van der Waals surface area contributed by atoms with Gasteiger partial charge in [-0.2, -0.15) is 0 Å². The Morgan fingerprint density at radius 2 is 2.35 bits per heavy atom. The van der Waals surface area contributed by atoms with Gasteiger partial charge >= 0.3 is 5.91 Å². The van der Waals surface area contributed by atoms with Gasteiger partial charge in [-0.15, -0.1) is 0 Å². The standard InChI is InChI=1S/C12H8B2FN3O2/c13-6-1-8(15)10-9(2-6)20-12(18-10)11(19)17-7-3-14(4-7)5-16/h1-2,7H,3-4H2,(H,17,19). The molecule has 20 heavy (non-hydrogen) atoms. The van der Waals surface area contributed by atoms with E-state index >= 15 is 0 Å². The summed E-state index contributed by atoms with van der Waals surface area (Å²) in [5.41, 5.74) is 0.318. The molecule has 2 heterocycles. The van der Waals surface area contributed by atoms with Crippen molar-refractivity contribution in [1.29, 1.82) is 5.26 Å². The summed E-state index contributed by atoms with van der Waals surface area (Å²) >= 11 is 0. The highest BCUT2D eigenvalue weighted by Gasteiger charge is 2.34. The Morgan fingerprint density at radius 3 is 3.05 bits per heavy atom. The fraction of sp³-hybridized carbons (Fsp3) is 0.250. The predicted octanol–water partition coefficient (Wildman–Crippen LogP) is 0.430. The van der Waals surface area contributed by atoms with Gasteiger partial charge in [0, 0.05) is 12.0 Å². The zero-order valence-electron chi connectivity index (χ0n) is 10.4. The molecule has 0 saturated carbocycles. The van der Waals surface area contributed by atoms with Gasteiger partial charge in [0.2, 0.25) is 0 Å². The van der Waals surface area contributed by atoms with Crippen molar-refractivity contribution < 1.29 is 13.6 Å². The van der Waals surface area contributed by atoms with Gasteiger partial charge in [-0.3, -0.25) is 4.79 Å². The molecule has 1 amide bonds. The maximum atomic E-state index is 13.6. The number of oxazole rings is 1. The number of carbonyl (C=O) groups is 1. The molecule has 5 nitrogen and oxygen atoms in total. The molecule has 0 unspecified atom stereocenters. The van der Waals surface area contributed by atoms with Crippen molar-refractivity contribution in [3.8, 4) is 5.97 Å².